The molecule has 7 heteroatoms. The van der Waals surface area contributed by atoms with Crippen molar-refractivity contribution in [1.82, 2.24) is 15.2 Å². The highest BCUT2D eigenvalue weighted by Gasteiger charge is 2.33. The van der Waals surface area contributed by atoms with Crippen LogP contribution in [0.1, 0.15) is 19.0 Å². The molecule has 0 spiro atoms. The summed E-state index contributed by atoms with van der Waals surface area (Å²) < 4.78 is 23.0. The summed E-state index contributed by atoms with van der Waals surface area (Å²) in [5, 5.41) is 2.78. The molecule has 1 aliphatic rings. The van der Waals surface area contributed by atoms with Crippen molar-refractivity contribution in [2.75, 3.05) is 18.1 Å². The number of carbonyl (C=O) groups is 1. The van der Waals surface area contributed by atoms with Crippen molar-refractivity contribution >= 4 is 15.9 Å². The molecular weight excluding hydrogens is 278 g/mol. The number of urea groups is 1. The van der Waals surface area contributed by atoms with Crippen LogP contribution in [0.25, 0.3) is 0 Å². The first-order chi connectivity index (χ1) is 9.52. The normalized spacial score (nSPS) is 20.6. The monoisotopic (exact) mass is 297 g/mol. The summed E-state index contributed by atoms with van der Waals surface area (Å²) in [5.74, 6) is 0.236. The predicted molar refractivity (Wildman–Crippen MR) is 75.9 cm³/mol. The van der Waals surface area contributed by atoms with Gasteiger partial charge in [0.15, 0.2) is 9.84 Å². The molecule has 0 aliphatic carbocycles. The van der Waals surface area contributed by atoms with Gasteiger partial charge in [0.25, 0.3) is 0 Å². The quantitative estimate of drug-likeness (QED) is 0.891. The summed E-state index contributed by atoms with van der Waals surface area (Å²) >= 11 is 0. The van der Waals surface area contributed by atoms with Crippen LogP contribution in [0.4, 0.5) is 4.79 Å². The average molecular weight is 297 g/mol. The molecule has 0 aromatic carbocycles. The van der Waals surface area contributed by atoms with E-state index in [1.54, 1.807) is 11.1 Å². The molecule has 110 valence electrons. The number of nitrogens with one attached hydrogen (secondary N) is 1. The lowest BCUT2D eigenvalue weighted by atomic mass is 10.2. The van der Waals surface area contributed by atoms with Crippen LogP contribution >= 0.6 is 0 Å². The van der Waals surface area contributed by atoms with Gasteiger partial charge in [0.05, 0.1) is 23.7 Å². The Morgan fingerprint density at radius 3 is 2.85 bits per heavy atom. The van der Waals surface area contributed by atoms with E-state index in [-0.39, 0.29) is 23.6 Å². The van der Waals surface area contributed by atoms with Gasteiger partial charge in [-0.15, -0.1) is 0 Å². The van der Waals surface area contributed by atoms with E-state index in [0.29, 0.717) is 19.5 Å². The van der Waals surface area contributed by atoms with Gasteiger partial charge in [0.1, 0.15) is 0 Å². The molecule has 2 amide bonds. The Morgan fingerprint density at radius 2 is 2.30 bits per heavy atom. The van der Waals surface area contributed by atoms with Crippen LogP contribution in [-0.4, -0.2) is 48.4 Å². The van der Waals surface area contributed by atoms with Crippen LogP contribution in [-0.2, 0) is 16.4 Å². The van der Waals surface area contributed by atoms with E-state index in [1.165, 1.54) is 0 Å². The Morgan fingerprint density at radius 1 is 1.50 bits per heavy atom. The van der Waals surface area contributed by atoms with Gasteiger partial charge in [-0.25, -0.2) is 13.2 Å². The summed E-state index contributed by atoms with van der Waals surface area (Å²) in [7, 11) is -2.99. The second-order valence-corrected chi connectivity index (χ2v) is 7.05. The highest BCUT2D eigenvalue weighted by atomic mass is 32.2. The van der Waals surface area contributed by atoms with E-state index in [4.69, 9.17) is 0 Å². The van der Waals surface area contributed by atoms with Gasteiger partial charge in [-0.2, -0.15) is 0 Å². The maximum Gasteiger partial charge on any atom is 0.317 e. The molecule has 1 fully saturated rings. The third-order valence-electron chi connectivity index (χ3n) is 3.40. The highest BCUT2D eigenvalue weighted by Crippen LogP contribution is 2.17. The lowest BCUT2D eigenvalue weighted by molar-refractivity contribution is 0.183. The van der Waals surface area contributed by atoms with Crippen LogP contribution in [0.5, 0.6) is 0 Å². The Balaban J connectivity index is 1.93. The van der Waals surface area contributed by atoms with Crippen molar-refractivity contribution in [3.05, 3.63) is 30.1 Å². The molecular formula is C13H19N3O3S. The largest absolute Gasteiger partial charge is 0.332 e. The van der Waals surface area contributed by atoms with E-state index >= 15 is 0 Å². The fourth-order valence-electron chi connectivity index (χ4n) is 2.36. The van der Waals surface area contributed by atoms with Crippen LogP contribution in [0, 0.1) is 0 Å². The molecule has 2 rings (SSSR count). The third kappa shape index (κ3) is 3.69. The number of aromatic nitrogens is 1. The Hall–Kier alpha value is -1.63. The number of nitrogens with zero attached hydrogens (tertiary/aromatic N) is 2. The maximum absolute atomic E-state index is 12.1. The fraction of sp³-hybridized carbons (Fsp3) is 0.538. The molecule has 1 saturated heterocycles. The molecule has 1 N–H and O–H groups in total. The minimum atomic E-state index is -2.99. The van der Waals surface area contributed by atoms with Crippen LogP contribution in [0.15, 0.2) is 24.4 Å². The number of amides is 2. The maximum atomic E-state index is 12.1. The Bertz CT molecular complexity index is 559. The summed E-state index contributed by atoms with van der Waals surface area (Å²) in [5.41, 5.74) is 0.774. The fourth-order valence-corrected chi connectivity index (χ4v) is 4.09. The Kier molecular flexibility index (Phi) is 4.59. The minimum Gasteiger partial charge on any atom is -0.332 e. The van der Waals surface area contributed by atoms with Crippen molar-refractivity contribution in [1.29, 1.82) is 0 Å². The topological polar surface area (TPSA) is 79.4 Å². The van der Waals surface area contributed by atoms with Crippen LogP contribution < -0.4 is 5.32 Å². The number of hydrogen-bond acceptors (Lipinski definition) is 4. The Labute approximate surface area is 119 Å². The van der Waals surface area contributed by atoms with Gasteiger partial charge >= 0.3 is 6.03 Å². The summed E-state index contributed by atoms with van der Waals surface area (Å²) in [4.78, 5) is 17.9. The van der Waals surface area contributed by atoms with Crippen molar-refractivity contribution in [3.8, 4) is 0 Å². The van der Waals surface area contributed by atoms with Crippen molar-refractivity contribution in [2.45, 2.75) is 25.9 Å². The first-order valence-corrected chi connectivity index (χ1v) is 8.49. The summed E-state index contributed by atoms with van der Waals surface area (Å²) in [6.45, 7) is 2.69. The van der Waals surface area contributed by atoms with E-state index < -0.39 is 9.84 Å². The molecule has 1 atom stereocenters. The van der Waals surface area contributed by atoms with Crippen LogP contribution in [0.2, 0.25) is 0 Å². The van der Waals surface area contributed by atoms with Gasteiger partial charge in [-0.1, -0.05) is 6.07 Å². The average Bonchev–Trinajstić information content (AvgIpc) is 2.78. The van der Waals surface area contributed by atoms with E-state index in [2.05, 4.69) is 10.3 Å². The number of sulfone groups is 1. The molecule has 0 radical (unpaired) electrons. The van der Waals surface area contributed by atoms with Gasteiger partial charge in [0.2, 0.25) is 0 Å². The molecule has 1 aromatic heterocycles. The molecule has 1 aliphatic heterocycles. The van der Waals surface area contributed by atoms with Gasteiger partial charge in [-0.3, -0.25) is 4.98 Å². The van der Waals surface area contributed by atoms with Gasteiger partial charge < -0.3 is 10.2 Å². The number of rotatable bonds is 4. The molecule has 1 aromatic rings. The molecule has 1 unspecified atom stereocenters. The molecule has 2 heterocycles. The van der Waals surface area contributed by atoms with Gasteiger partial charge in [-0.05, 0) is 25.5 Å². The van der Waals surface area contributed by atoms with Gasteiger partial charge in [0, 0.05) is 18.8 Å². The third-order valence-corrected chi connectivity index (χ3v) is 5.15. The molecule has 0 bridgehead atoms. The SMILES string of the molecule is CCN(C(=O)NCc1ccccn1)C1CCS(=O)(=O)C1. The van der Waals surface area contributed by atoms with E-state index in [1.807, 2.05) is 25.1 Å². The van der Waals surface area contributed by atoms with E-state index in [9.17, 15) is 13.2 Å². The number of hydrogen-bond donors (Lipinski definition) is 1. The minimum absolute atomic E-state index is 0.0673. The second-order valence-electron chi connectivity index (χ2n) is 4.82. The predicted octanol–water partition coefficient (Wildman–Crippen LogP) is 0.800. The van der Waals surface area contributed by atoms with E-state index in [0.717, 1.165) is 5.69 Å². The first kappa shape index (κ1) is 14.8. The number of carbonyl (C=O) groups excluding carboxylic acids is 1. The highest BCUT2D eigenvalue weighted by molar-refractivity contribution is 7.91. The lowest BCUT2D eigenvalue weighted by Crippen LogP contribution is -2.46. The second kappa shape index (κ2) is 6.21. The lowest BCUT2D eigenvalue weighted by Gasteiger charge is -2.26. The van der Waals surface area contributed by atoms with Crippen molar-refractivity contribution in [3.63, 3.8) is 0 Å². The van der Waals surface area contributed by atoms with Crippen molar-refractivity contribution < 1.29 is 13.2 Å². The molecule has 20 heavy (non-hydrogen) atoms. The molecule has 0 saturated carbocycles. The zero-order valence-corrected chi connectivity index (χ0v) is 12.3. The zero-order chi connectivity index (χ0) is 14.6. The summed E-state index contributed by atoms with van der Waals surface area (Å²) in [6, 6.07) is 5.05. The standard InChI is InChI=1S/C13H19N3O3S/c1-2-16(12-6-8-20(18,19)10-12)13(17)15-9-11-5-3-4-7-14-11/h3-5,7,12H,2,6,8-10H2,1H3,(H,15,17). The van der Waals surface area contributed by atoms with Crippen molar-refractivity contribution in [2.24, 2.45) is 0 Å². The summed E-state index contributed by atoms with van der Waals surface area (Å²) in [6.07, 6.45) is 2.19. The van der Waals surface area contributed by atoms with Crippen LogP contribution in [0.3, 0.4) is 0 Å². The first-order valence-electron chi connectivity index (χ1n) is 6.66. The number of pyridine rings is 1. The molecule has 6 nitrogen and oxygen atoms in total. The zero-order valence-electron chi connectivity index (χ0n) is 11.4. The smallest absolute Gasteiger partial charge is 0.317 e.